The highest BCUT2D eigenvalue weighted by Gasteiger charge is 2.45. The zero-order valence-electron chi connectivity index (χ0n) is 19.0. The highest BCUT2D eigenvalue weighted by Crippen LogP contribution is 2.43. The van der Waals surface area contributed by atoms with Gasteiger partial charge in [-0.2, -0.15) is 0 Å². The molecule has 1 aliphatic carbocycles. The van der Waals surface area contributed by atoms with E-state index in [4.69, 9.17) is 14.2 Å². The van der Waals surface area contributed by atoms with Crippen molar-refractivity contribution in [3.05, 3.63) is 23.3 Å². The van der Waals surface area contributed by atoms with Crippen molar-refractivity contribution >= 4 is 0 Å². The van der Waals surface area contributed by atoms with E-state index in [1.807, 2.05) is 6.92 Å². The Bertz CT molecular complexity index is 598. The summed E-state index contributed by atoms with van der Waals surface area (Å²) in [6.45, 7) is 10.9. The number of rotatable bonds is 9. The van der Waals surface area contributed by atoms with Gasteiger partial charge in [-0.25, -0.2) is 0 Å². The summed E-state index contributed by atoms with van der Waals surface area (Å²) >= 11 is 0. The van der Waals surface area contributed by atoms with Crippen LogP contribution in [0.2, 0.25) is 0 Å². The molecule has 1 fully saturated rings. The monoisotopic (exact) mass is 428 g/mol. The van der Waals surface area contributed by atoms with Gasteiger partial charge in [-0.05, 0) is 44.1 Å². The molecule has 2 rings (SSSR count). The van der Waals surface area contributed by atoms with Crippen molar-refractivity contribution < 1.29 is 34.6 Å². The van der Waals surface area contributed by atoms with Crippen LogP contribution in [-0.4, -0.2) is 76.6 Å². The lowest BCUT2D eigenvalue weighted by Gasteiger charge is -2.43. The van der Waals surface area contributed by atoms with Gasteiger partial charge in [0.05, 0.1) is 18.8 Å². The van der Waals surface area contributed by atoms with E-state index in [0.29, 0.717) is 12.8 Å². The Morgan fingerprint density at radius 1 is 1.20 bits per heavy atom. The third-order valence-electron chi connectivity index (χ3n) is 6.05. The molecule has 1 aliphatic heterocycles. The molecule has 1 heterocycles. The van der Waals surface area contributed by atoms with Crippen LogP contribution in [0, 0.1) is 5.41 Å². The fraction of sp³-hybridized carbons (Fsp3) is 0.826. The van der Waals surface area contributed by atoms with Gasteiger partial charge in [0.1, 0.15) is 24.4 Å². The van der Waals surface area contributed by atoms with Crippen LogP contribution in [0.3, 0.4) is 0 Å². The summed E-state index contributed by atoms with van der Waals surface area (Å²) in [6.07, 6.45) is 1.39. The smallest absolute Gasteiger partial charge is 0.186 e. The molecule has 30 heavy (non-hydrogen) atoms. The van der Waals surface area contributed by atoms with Gasteiger partial charge in [0.25, 0.3) is 0 Å². The van der Waals surface area contributed by atoms with Crippen molar-refractivity contribution in [1.29, 1.82) is 0 Å². The number of hydrogen-bond donors (Lipinski definition) is 4. The normalized spacial score (nSPS) is 35.8. The van der Waals surface area contributed by atoms with Crippen LogP contribution in [0.5, 0.6) is 0 Å². The van der Waals surface area contributed by atoms with Crippen LogP contribution in [0.1, 0.15) is 60.3 Å². The van der Waals surface area contributed by atoms with E-state index < -0.39 is 37.3 Å². The Morgan fingerprint density at radius 3 is 2.50 bits per heavy atom. The number of unbranched alkanes of at least 4 members (excludes halogenated alkanes) is 1. The maximum atomic E-state index is 10.3. The van der Waals surface area contributed by atoms with Crippen molar-refractivity contribution in [2.24, 2.45) is 5.41 Å². The SMILES string of the molecule is CCCCO[C@H](C)/C=C/C1=C(C)C[C@@H](O[C@@H]2O[C@H](CO)[C@@H](O)[C@H](O)[C@H]2O)CC1(C)C. The second kappa shape index (κ2) is 11.2. The standard InChI is InChI=1S/C23H40O7/c1-6-7-10-28-15(3)8-9-17-14(2)11-16(12-23(17,4)5)29-22-21(27)20(26)19(25)18(13-24)30-22/h8-9,15-16,18-22,24-27H,6-7,10-13H2,1-5H3/b9-8+/t15-,16-,18-,19-,20+,21-,22-/m1/s1. The molecule has 1 saturated heterocycles. The third kappa shape index (κ3) is 6.36. The minimum Gasteiger partial charge on any atom is -0.394 e. The maximum absolute atomic E-state index is 10.3. The average molecular weight is 429 g/mol. The Kier molecular flexibility index (Phi) is 9.49. The summed E-state index contributed by atoms with van der Waals surface area (Å²) in [6, 6.07) is 0. The van der Waals surface area contributed by atoms with Crippen LogP contribution in [0.15, 0.2) is 23.3 Å². The van der Waals surface area contributed by atoms with E-state index in [1.54, 1.807) is 0 Å². The van der Waals surface area contributed by atoms with E-state index in [0.717, 1.165) is 19.4 Å². The van der Waals surface area contributed by atoms with Gasteiger partial charge < -0.3 is 34.6 Å². The van der Waals surface area contributed by atoms with Crippen LogP contribution in [0.25, 0.3) is 0 Å². The van der Waals surface area contributed by atoms with E-state index in [9.17, 15) is 20.4 Å². The minimum atomic E-state index is -1.43. The number of ether oxygens (including phenoxy) is 3. The predicted molar refractivity (Wildman–Crippen MR) is 114 cm³/mol. The Balaban J connectivity index is 2.04. The lowest BCUT2D eigenvalue weighted by atomic mass is 9.71. The topological polar surface area (TPSA) is 109 Å². The summed E-state index contributed by atoms with van der Waals surface area (Å²) < 4.78 is 17.3. The van der Waals surface area contributed by atoms with Crippen molar-refractivity contribution in [2.45, 2.75) is 103 Å². The molecule has 0 radical (unpaired) electrons. The number of hydrogen-bond acceptors (Lipinski definition) is 7. The molecule has 174 valence electrons. The summed E-state index contributed by atoms with van der Waals surface area (Å²) in [4.78, 5) is 0. The van der Waals surface area contributed by atoms with Gasteiger partial charge in [0, 0.05) is 6.61 Å². The fourth-order valence-electron chi connectivity index (χ4n) is 4.31. The van der Waals surface area contributed by atoms with Gasteiger partial charge in [-0.1, -0.05) is 44.9 Å². The zero-order valence-corrected chi connectivity index (χ0v) is 19.0. The van der Waals surface area contributed by atoms with Crippen molar-refractivity contribution in [1.82, 2.24) is 0 Å². The Labute approximate surface area is 180 Å². The molecular formula is C23H40O7. The van der Waals surface area contributed by atoms with Crippen LogP contribution in [-0.2, 0) is 14.2 Å². The van der Waals surface area contributed by atoms with Crippen LogP contribution in [0.4, 0.5) is 0 Å². The predicted octanol–water partition coefficient (Wildman–Crippen LogP) is 2.07. The first-order chi connectivity index (χ1) is 14.1. The molecule has 0 saturated carbocycles. The van der Waals surface area contributed by atoms with Crippen LogP contribution >= 0.6 is 0 Å². The lowest BCUT2D eigenvalue weighted by Crippen LogP contribution is -2.59. The molecule has 7 nitrogen and oxygen atoms in total. The molecule has 7 atom stereocenters. The average Bonchev–Trinajstić information content (AvgIpc) is 2.67. The summed E-state index contributed by atoms with van der Waals surface area (Å²) in [5, 5.41) is 39.5. The second-order valence-corrected chi connectivity index (χ2v) is 9.23. The number of allylic oxidation sites excluding steroid dienone is 2. The van der Waals surface area contributed by atoms with Gasteiger partial charge >= 0.3 is 0 Å². The number of aliphatic hydroxyl groups excluding tert-OH is 4. The molecule has 0 spiro atoms. The molecule has 0 aromatic rings. The Morgan fingerprint density at radius 2 is 1.90 bits per heavy atom. The van der Waals surface area contributed by atoms with Gasteiger partial charge in [-0.15, -0.1) is 0 Å². The maximum Gasteiger partial charge on any atom is 0.186 e. The first-order valence-electron chi connectivity index (χ1n) is 11.1. The summed E-state index contributed by atoms with van der Waals surface area (Å²) in [5.41, 5.74) is 2.29. The van der Waals surface area contributed by atoms with E-state index in [2.05, 4.69) is 39.8 Å². The highest BCUT2D eigenvalue weighted by molar-refractivity contribution is 5.34. The minimum absolute atomic E-state index is 0.0516. The van der Waals surface area contributed by atoms with Crippen molar-refractivity contribution in [2.75, 3.05) is 13.2 Å². The van der Waals surface area contributed by atoms with Gasteiger partial charge in [-0.3, -0.25) is 0 Å². The lowest BCUT2D eigenvalue weighted by molar-refractivity contribution is -0.313. The summed E-state index contributed by atoms with van der Waals surface area (Å²) in [7, 11) is 0. The molecule has 0 aromatic heterocycles. The summed E-state index contributed by atoms with van der Waals surface area (Å²) in [5.74, 6) is 0. The van der Waals surface area contributed by atoms with Crippen molar-refractivity contribution in [3.63, 3.8) is 0 Å². The van der Waals surface area contributed by atoms with Gasteiger partial charge in [0.15, 0.2) is 6.29 Å². The largest absolute Gasteiger partial charge is 0.394 e. The molecular weight excluding hydrogens is 388 g/mol. The molecule has 0 bridgehead atoms. The molecule has 0 aromatic carbocycles. The quantitative estimate of drug-likeness (QED) is 0.416. The van der Waals surface area contributed by atoms with Crippen molar-refractivity contribution in [3.8, 4) is 0 Å². The van der Waals surface area contributed by atoms with Gasteiger partial charge in [0.2, 0.25) is 0 Å². The second-order valence-electron chi connectivity index (χ2n) is 9.23. The van der Waals surface area contributed by atoms with E-state index in [1.165, 1.54) is 11.1 Å². The first-order valence-corrected chi connectivity index (χ1v) is 11.1. The number of aliphatic hydroxyl groups is 4. The zero-order chi connectivity index (χ0) is 22.5. The third-order valence-corrected chi connectivity index (χ3v) is 6.05. The highest BCUT2D eigenvalue weighted by atomic mass is 16.7. The fourth-order valence-corrected chi connectivity index (χ4v) is 4.31. The van der Waals surface area contributed by atoms with E-state index >= 15 is 0 Å². The first kappa shape index (κ1) is 25.5. The molecule has 2 aliphatic rings. The molecule has 0 amide bonds. The molecule has 0 unspecified atom stereocenters. The van der Waals surface area contributed by atoms with Crippen LogP contribution < -0.4 is 0 Å². The molecule has 7 heteroatoms. The Hall–Kier alpha value is -0.800. The van der Waals surface area contributed by atoms with E-state index in [-0.39, 0.29) is 17.6 Å². The molecule has 4 N–H and O–H groups in total.